The van der Waals surface area contributed by atoms with Crippen molar-refractivity contribution in [2.24, 2.45) is 0 Å². The second-order valence-corrected chi connectivity index (χ2v) is 4.87. The Morgan fingerprint density at radius 1 is 1.12 bits per heavy atom. The van der Waals surface area contributed by atoms with Gasteiger partial charge in [-0.2, -0.15) is 0 Å². The quantitative estimate of drug-likeness (QED) is 0.665. The second-order valence-electron chi connectivity index (χ2n) is 3.92. The zero-order valence-electron chi connectivity index (χ0n) is 9.38. The van der Waals surface area contributed by atoms with Crippen LogP contribution in [0, 0.1) is 6.92 Å². The van der Waals surface area contributed by atoms with E-state index in [4.69, 9.17) is 4.52 Å². The van der Waals surface area contributed by atoms with E-state index < -0.39 is 0 Å². The summed E-state index contributed by atoms with van der Waals surface area (Å²) in [5.74, 6) is 0.817. The Morgan fingerprint density at radius 3 is 2.82 bits per heavy atom. The van der Waals surface area contributed by atoms with Crippen molar-refractivity contribution < 1.29 is 4.52 Å². The molecule has 0 fully saturated rings. The first-order valence-corrected chi connectivity index (χ1v) is 6.28. The lowest BCUT2D eigenvalue weighted by atomic mass is 10.1. The van der Waals surface area contributed by atoms with Crippen molar-refractivity contribution in [2.75, 3.05) is 0 Å². The lowest BCUT2D eigenvalue weighted by molar-refractivity contribution is 0.435. The standard InChI is InChI=1S/C14H11NOS/c1-10-4-2-5-11(8-10)13-9-12(15-16-13)14-6-3-7-17-14/h2-9H,1H3. The van der Waals surface area contributed by atoms with Gasteiger partial charge in [0.15, 0.2) is 5.76 Å². The summed E-state index contributed by atoms with van der Waals surface area (Å²) in [4.78, 5) is 1.13. The molecule has 0 saturated heterocycles. The van der Waals surface area contributed by atoms with Crippen molar-refractivity contribution in [1.82, 2.24) is 5.16 Å². The van der Waals surface area contributed by atoms with Gasteiger partial charge in [0.2, 0.25) is 0 Å². The van der Waals surface area contributed by atoms with E-state index in [0.717, 1.165) is 21.9 Å². The Morgan fingerprint density at radius 2 is 2.06 bits per heavy atom. The van der Waals surface area contributed by atoms with Crippen LogP contribution in [-0.4, -0.2) is 5.16 Å². The van der Waals surface area contributed by atoms with Gasteiger partial charge in [0, 0.05) is 11.6 Å². The average Bonchev–Trinajstić information content (AvgIpc) is 3.00. The van der Waals surface area contributed by atoms with E-state index in [1.54, 1.807) is 11.3 Å². The largest absolute Gasteiger partial charge is 0.356 e. The van der Waals surface area contributed by atoms with Crippen LogP contribution in [0.2, 0.25) is 0 Å². The maximum Gasteiger partial charge on any atom is 0.167 e. The van der Waals surface area contributed by atoms with Crippen LogP contribution in [-0.2, 0) is 0 Å². The van der Waals surface area contributed by atoms with E-state index in [-0.39, 0.29) is 0 Å². The molecule has 2 heterocycles. The molecule has 2 aromatic heterocycles. The summed E-state index contributed by atoms with van der Waals surface area (Å²) in [5, 5.41) is 6.14. The number of nitrogens with zero attached hydrogens (tertiary/aromatic N) is 1. The van der Waals surface area contributed by atoms with Crippen LogP contribution in [0.25, 0.3) is 21.9 Å². The average molecular weight is 241 g/mol. The first kappa shape index (κ1) is 10.3. The predicted molar refractivity (Wildman–Crippen MR) is 70.0 cm³/mol. The monoisotopic (exact) mass is 241 g/mol. The molecule has 0 unspecified atom stereocenters. The lowest BCUT2D eigenvalue weighted by Gasteiger charge is -1.95. The van der Waals surface area contributed by atoms with Gasteiger partial charge in [-0.25, -0.2) is 0 Å². The van der Waals surface area contributed by atoms with Crippen molar-refractivity contribution in [1.29, 1.82) is 0 Å². The number of hydrogen-bond acceptors (Lipinski definition) is 3. The maximum absolute atomic E-state index is 5.39. The normalized spacial score (nSPS) is 10.6. The lowest BCUT2D eigenvalue weighted by Crippen LogP contribution is -1.75. The molecule has 0 N–H and O–H groups in total. The fraction of sp³-hybridized carbons (Fsp3) is 0.0714. The summed E-state index contributed by atoms with van der Waals surface area (Å²) in [6, 6.07) is 14.3. The van der Waals surface area contributed by atoms with E-state index in [1.807, 2.05) is 35.7 Å². The van der Waals surface area contributed by atoms with Crippen LogP contribution < -0.4 is 0 Å². The summed E-state index contributed by atoms with van der Waals surface area (Å²) in [5.41, 5.74) is 3.19. The highest BCUT2D eigenvalue weighted by molar-refractivity contribution is 7.13. The fourth-order valence-corrected chi connectivity index (χ4v) is 2.43. The molecular formula is C14H11NOS. The fourth-order valence-electron chi connectivity index (χ4n) is 1.75. The van der Waals surface area contributed by atoms with Crippen LogP contribution in [0.5, 0.6) is 0 Å². The van der Waals surface area contributed by atoms with Crippen molar-refractivity contribution in [3.8, 4) is 21.9 Å². The van der Waals surface area contributed by atoms with Gasteiger partial charge in [-0.3, -0.25) is 0 Å². The third-order valence-electron chi connectivity index (χ3n) is 2.59. The van der Waals surface area contributed by atoms with Crippen LogP contribution >= 0.6 is 11.3 Å². The molecule has 0 spiro atoms. The molecule has 0 atom stereocenters. The molecule has 3 heteroatoms. The molecule has 3 aromatic rings. The third-order valence-corrected chi connectivity index (χ3v) is 3.48. The van der Waals surface area contributed by atoms with E-state index in [2.05, 4.69) is 24.2 Å². The highest BCUT2D eigenvalue weighted by atomic mass is 32.1. The predicted octanol–water partition coefficient (Wildman–Crippen LogP) is 4.38. The topological polar surface area (TPSA) is 26.0 Å². The maximum atomic E-state index is 5.39. The zero-order valence-corrected chi connectivity index (χ0v) is 10.2. The van der Waals surface area contributed by atoms with Gasteiger partial charge in [0.25, 0.3) is 0 Å². The van der Waals surface area contributed by atoms with Gasteiger partial charge in [-0.1, -0.05) is 35.0 Å². The third kappa shape index (κ3) is 2.01. The SMILES string of the molecule is Cc1cccc(-c2cc(-c3cccs3)no2)c1. The molecule has 84 valence electrons. The van der Waals surface area contributed by atoms with Gasteiger partial charge in [-0.15, -0.1) is 11.3 Å². The summed E-state index contributed by atoms with van der Waals surface area (Å²) in [6.45, 7) is 2.07. The molecular weight excluding hydrogens is 230 g/mol. The molecule has 0 radical (unpaired) electrons. The Labute approximate surface area is 104 Å². The molecule has 0 aliphatic heterocycles. The van der Waals surface area contributed by atoms with Gasteiger partial charge < -0.3 is 4.52 Å². The smallest absolute Gasteiger partial charge is 0.167 e. The number of rotatable bonds is 2. The van der Waals surface area contributed by atoms with Crippen molar-refractivity contribution in [2.45, 2.75) is 6.92 Å². The Bertz CT molecular complexity index is 625. The summed E-state index contributed by atoms with van der Waals surface area (Å²) >= 11 is 1.67. The Balaban J connectivity index is 2.01. The number of aromatic nitrogens is 1. The van der Waals surface area contributed by atoms with Crippen LogP contribution in [0.15, 0.2) is 52.4 Å². The Kier molecular flexibility index (Phi) is 2.53. The van der Waals surface area contributed by atoms with Crippen LogP contribution in [0.1, 0.15) is 5.56 Å². The first-order chi connectivity index (χ1) is 8.33. The zero-order chi connectivity index (χ0) is 11.7. The highest BCUT2D eigenvalue weighted by Crippen LogP contribution is 2.28. The minimum Gasteiger partial charge on any atom is -0.356 e. The number of thiophene rings is 1. The molecule has 0 amide bonds. The molecule has 17 heavy (non-hydrogen) atoms. The minimum absolute atomic E-state index is 0.817. The molecule has 0 bridgehead atoms. The summed E-state index contributed by atoms with van der Waals surface area (Å²) in [7, 11) is 0. The molecule has 0 aliphatic carbocycles. The Hall–Kier alpha value is -1.87. The number of aryl methyl sites for hydroxylation is 1. The van der Waals surface area contributed by atoms with Gasteiger partial charge in [0.1, 0.15) is 5.69 Å². The molecule has 0 saturated carbocycles. The van der Waals surface area contributed by atoms with Crippen molar-refractivity contribution >= 4 is 11.3 Å². The van der Waals surface area contributed by atoms with Crippen molar-refractivity contribution in [3.63, 3.8) is 0 Å². The second kappa shape index (κ2) is 4.18. The summed E-state index contributed by atoms with van der Waals surface area (Å²) < 4.78 is 5.39. The number of benzene rings is 1. The van der Waals surface area contributed by atoms with Gasteiger partial charge in [-0.05, 0) is 24.4 Å². The summed E-state index contributed by atoms with van der Waals surface area (Å²) in [6.07, 6.45) is 0. The van der Waals surface area contributed by atoms with E-state index in [1.165, 1.54) is 5.56 Å². The van der Waals surface area contributed by atoms with Crippen LogP contribution in [0.3, 0.4) is 0 Å². The van der Waals surface area contributed by atoms with Crippen molar-refractivity contribution in [3.05, 3.63) is 53.4 Å². The van der Waals surface area contributed by atoms with E-state index in [0.29, 0.717) is 0 Å². The van der Waals surface area contributed by atoms with Gasteiger partial charge in [0.05, 0.1) is 4.88 Å². The number of hydrogen-bond donors (Lipinski definition) is 0. The van der Waals surface area contributed by atoms with E-state index >= 15 is 0 Å². The van der Waals surface area contributed by atoms with Crippen LogP contribution in [0.4, 0.5) is 0 Å². The minimum atomic E-state index is 0.817. The first-order valence-electron chi connectivity index (χ1n) is 5.40. The molecule has 1 aromatic carbocycles. The van der Waals surface area contributed by atoms with Gasteiger partial charge >= 0.3 is 0 Å². The highest BCUT2D eigenvalue weighted by Gasteiger charge is 2.08. The molecule has 0 aliphatic rings. The molecule has 3 rings (SSSR count). The van der Waals surface area contributed by atoms with E-state index in [9.17, 15) is 0 Å². The molecule has 2 nitrogen and oxygen atoms in total.